The Morgan fingerprint density at radius 2 is 1.96 bits per heavy atom. The minimum Gasteiger partial charge on any atom is -0.493 e. The molecule has 0 unspecified atom stereocenters. The number of ether oxygens (including phenoxy) is 1. The molecule has 6 nitrogen and oxygen atoms in total. The van der Waals surface area contributed by atoms with Crippen molar-refractivity contribution in [2.24, 2.45) is 7.05 Å². The predicted octanol–water partition coefficient (Wildman–Crippen LogP) is 4.15. The average molecular weight is 425 g/mol. The van der Waals surface area contributed by atoms with Crippen molar-refractivity contribution in [2.45, 2.75) is 6.92 Å². The Hall–Kier alpha value is -2.93. The maximum atomic E-state index is 12.9. The molecule has 2 aromatic heterocycles. The number of aromatic amines is 1. The summed E-state index contributed by atoms with van der Waals surface area (Å²) in [5.74, 6) is 1.10. The Morgan fingerprint density at radius 3 is 2.70 bits per heavy atom. The van der Waals surface area contributed by atoms with Gasteiger partial charge in [-0.2, -0.15) is 5.10 Å². The van der Waals surface area contributed by atoms with Crippen LogP contribution in [0, 0.1) is 0 Å². The van der Waals surface area contributed by atoms with Crippen LogP contribution in [-0.2, 0) is 7.05 Å². The lowest BCUT2D eigenvalue weighted by Crippen LogP contribution is -2.11. The molecule has 0 aliphatic heterocycles. The Kier molecular flexibility index (Phi) is 4.53. The van der Waals surface area contributed by atoms with Gasteiger partial charge in [0.2, 0.25) is 0 Å². The fourth-order valence-electron chi connectivity index (χ4n) is 3.05. The number of hydrogen-bond donors (Lipinski definition) is 1. The van der Waals surface area contributed by atoms with Crippen LogP contribution in [-0.4, -0.2) is 26.4 Å². The van der Waals surface area contributed by atoms with Crippen LogP contribution in [0.4, 0.5) is 0 Å². The number of hydrogen-bond acceptors (Lipinski definition) is 4. The van der Waals surface area contributed by atoms with Crippen LogP contribution in [0.5, 0.6) is 5.75 Å². The Bertz CT molecular complexity index is 1180. The molecule has 0 saturated heterocycles. The van der Waals surface area contributed by atoms with Crippen LogP contribution in [0.1, 0.15) is 6.92 Å². The standard InChI is InChI=1S/C20H17BrN4O2/c1-3-27-15-11-13(21)9-10-14(15)18-22-19-16(20(26)23-18)17(24-25(19)2)12-7-5-4-6-8-12/h4-11H,3H2,1-2H3,(H,22,23,26). The van der Waals surface area contributed by atoms with E-state index >= 15 is 0 Å². The highest BCUT2D eigenvalue weighted by Crippen LogP contribution is 2.32. The summed E-state index contributed by atoms with van der Waals surface area (Å²) in [6.45, 7) is 2.43. The average Bonchev–Trinajstić information content (AvgIpc) is 3.00. The fourth-order valence-corrected chi connectivity index (χ4v) is 3.39. The molecule has 7 heteroatoms. The van der Waals surface area contributed by atoms with Gasteiger partial charge in [0, 0.05) is 17.1 Å². The van der Waals surface area contributed by atoms with E-state index in [1.165, 1.54) is 0 Å². The van der Waals surface area contributed by atoms with Gasteiger partial charge in [-0.05, 0) is 25.1 Å². The maximum Gasteiger partial charge on any atom is 0.262 e. The van der Waals surface area contributed by atoms with E-state index < -0.39 is 0 Å². The first-order chi connectivity index (χ1) is 13.1. The fraction of sp³-hybridized carbons (Fsp3) is 0.150. The van der Waals surface area contributed by atoms with Gasteiger partial charge in [-0.3, -0.25) is 4.79 Å². The van der Waals surface area contributed by atoms with Crippen molar-refractivity contribution in [3.05, 3.63) is 63.4 Å². The van der Waals surface area contributed by atoms with Crippen LogP contribution in [0.2, 0.25) is 0 Å². The number of aryl methyl sites for hydroxylation is 1. The van der Waals surface area contributed by atoms with Gasteiger partial charge in [-0.15, -0.1) is 0 Å². The molecule has 0 radical (unpaired) electrons. The molecule has 0 atom stereocenters. The smallest absolute Gasteiger partial charge is 0.262 e. The quantitative estimate of drug-likeness (QED) is 0.533. The molecule has 4 aromatic rings. The molecule has 0 spiro atoms. The van der Waals surface area contributed by atoms with E-state index in [1.807, 2.05) is 55.5 Å². The largest absolute Gasteiger partial charge is 0.493 e. The van der Waals surface area contributed by atoms with Gasteiger partial charge in [-0.1, -0.05) is 46.3 Å². The van der Waals surface area contributed by atoms with Gasteiger partial charge in [-0.25, -0.2) is 9.67 Å². The molecular weight excluding hydrogens is 408 g/mol. The number of fused-ring (bicyclic) bond motifs is 1. The zero-order chi connectivity index (χ0) is 19.0. The molecule has 0 fully saturated rings. The highest BCUT2D eigenvalue weighted by Gasteiger charge is 2.18. The normalized spacial score (nSPS) is 11.1. The van der Waals surface area contributed by atoms with Gasteiger partial charge in [0.05, 0.1) is 12.2 Å². The zero-order valence-corrected chi connectivity index (χ0v) is 16.4. The van der Waals surface area contributed by atoms with E-state index in [1.54, 1.807) is 11.7 Å². The summed E-state index contributed by atoms with van der Waals surface area (Å²) in [6, 6.07) is 15.2. The van der Waals surface area contributed by atoms with Gasteiger partial charge in [0.1, 0.15) is 22.7 Å². The summed E-state index contributed by atoms with van der Waals surface area (Å²) in [7, 11) is 1.79. The molecule has 2 aromatic carbocycles. The van der Waals surface area contributed by atoms with E-state index in [0.29, 0.717) is 34.9 Å². The monoisotopic (exact) mass is 424 g/mol. The minimum atomic E-state index is -0.229. The second-order valence-corrected chi connectivity index (χ2v) is 6.94. The second-order valence-electron chi connectivity index (χ2n) is 6.02. The highest BCUT2D eigenvalue weighted by atomic mass is 79.9. The van der Waals surface area contributed by atoms with Gasteiger partial charge < -0.3 is 9.72 Å². The lowest BCUT2D eigenvalue weighted by Gasteiger charge is -2.10. The third kappa shape index (κ3) is 3.14. The Labute approximate surface area is 164 Å². The molecule has 0 aliphatic carbocycles. The van der Waals surface area contributed by atoms with Crippen LogP contribution < -0.4 is 10.3 Å². The first-order valence-electron chi connectivity index (χ1n) is 8.53. The number of nitrogens with zero attached hydrogens (tertiary/aromatic N) is 3. The SMILES string of the molecule is CCOc1cc(Br)ccc1-c1nc2c(c(-c3ccccc3)nn2C)c(=O)[nH]1. The number of H-pyrrole nitrogens is 1. The van der Waals surface area contributed by atoms with Crippen molar-refractivity contribution in [3.63, 3.8) is 0 Å². The Balaban J connectivity index is 1.95. The molecule has 1 N–H and O–H groups in total. The maximum absolute atomic E-state index is 12.9. The lowest BCUT2D eigenvalue weighted by atomic mass is 10.1. The third-order valence-corrected chi connectivity index (χ3v) is 4.73. The second kappa shape index (κ2) is 7.00. The molecule has 0 aliphatic rings. The summed E-state index contributed by atoms with van der Waals surface area (Å²) < 4.78 is 8.24. The number of rotatable bonds is 4. The van der Waals surface area contributed by atoms with Crippen molar-refractivity contribution in [2.75, 3.05) is 6.61 Å². The third-order valence-electron chi connectivity index (χ3n) is 4.24. The van der Waals surface area contributed by atoms with E-state index in [4.69, 9.17) is 4.74 Å². The molecule has 0 bridgehead atoms. The summed E-state index contributed by atoms with van der Waals surface area (Å²) in [6.07, 6.45) is 0. The van der Waals surface area contributed by atoms with E-state index in [9.17, 15) is 4.79 Å². The molecule has 4 rings (SSSR count). The first kappa shape index (κ1) is 17.5. The summed E-state index contributed by atoms with van der Waals surface area (Å²) in [4.78, 5) is 20.5. The zero-order valence-electron chi connectivity index (χ0n) is 14.9. The summed E-state index contributed by atoms with van der Waals surface area (Å²) in [5, 5.41) is 5.00. The van der Waals surface area contributed by atoms with Gasteiger partial charge in [0.25, 0.3) is 5.56 Å². The van der Waals surface area contributed by atoms with Crippen molar-refractivity contribution in [1.82, 2.24) is 19.7 Å². The van der Waals surface area contributed by atoms with Gasteiger partial charge >= 0.3 is 0 Å². The van der Waals surface area contributed by atoms with Gasteiger partial charge in [0.15, 0.2) is 5.65 Å². The Morgan fingerprint density at radius 1 is 1.19 bits per heavy atom. The number of aromatic nitrogens is 4. The molecular formula is C20H17BrN4O2. The first-order valence-corrected chi connectivity index (χ1v) is 9.33. The van der Waals surface area contributed by atoms with Crippen molar-refractivity contribution in [3.8, 4) is 28.4 Å². The number of nitrogens with one attached hydrogen (secondary N) is 1. The predicted molar refractivity (Wildman–Crippen MR) is 109 cm³/mol. The molecule has 0 amide bonds. The van der Waals surface area contributed by atoms with Crippen molar-refractivity contribution >= 4 is 27.0 Å². The molecule has 136 valence electrons. The highest BCUT2D eigenvalue weighted by molar-refractivity contribution is 9.10. The molecule has 0 saturated carbocycles. The van der Waals surface area contributed by atoms with Crippen molar-refractivity contribution < 1.29 is 4.74 Å². The lowest BCUT2D eigenvalue weighted by molar-refractivity contribution is 0.341. The summed E-state index contributed by atoms with van der Waals surface area (Å²) in [5.41, 5.74) is 2.52. The topological polar surface area (TPSA) is 72.8 Å². The van der Waals surface area contributed by atoms with E-state index in [2.05, 4.69) is 31.0 Å². The van der Waals surface area contributed by atoms with Crippen LogP contribution in [0.25, 0.3) is 33.7 Å². The number of halogens is 1. The van der Waals surface area contributed by atoms with E-state index in [0.717, 1.165) is 15.6 Å². The van der Waals surface area contributed by atoms with E-state index in [-0.39, 0.29) is 5.56 Å². The van der Waals surface area contributed by atoms with Crippen LogP contribution in [0.3, 0.4) is 0 Å². The number of benzene rings is 2. The summed E-state index contributed by atoms with van der Waals surface area (Å²) >= 11 is 3.45. The molecule has 2 heterocycles. The van der Waals surface area contributed by atoms with Crippen LogP contribution >= 0.6 is 15.9 Å². The molecule has 27 heavy (non-hydrogen) atoms. The van der Waals surface area contributed by atoms with Crippen molar-refractivity contribution in [1.29, 1.82) is 0 Å². The minimum absolute atomic E-state index is 0.229. The van der Waals surface area contributed by atoms with Crippen LogP contribution in [0.15, 0.2) is 57.8 Å².